The van der Waals surface area contributed by atoms with Crippen LogP contribution in [0.1, 0.15) is 32.1 Å². The van der Waals surface area contributed by atoms with Crippen molar-refractivity contribution in [3.05, 3.63) is 109 Å². The standard InChI is InChI=1S/C22H10Cl4F2N2O2/c23-14-9-15(19(31)10-3-1-5-12(27)7-10)30(22(14)26)18-16(24)21(25)29-17(18)20(32)11-4-2-6-13(28)8-11/h1-9,29H. The minimum Gasteiger partial charge on any atom is -0.340 e. The molecule has 162 valence electrons. The predicted octanol–water partition coefficient (Wildman–Crippen LogP) is 7.16. The smallest absolute Gasteiger partial charge is 0.211 e. The molecule has 0 aliphatic rings. The van der Waals surface area contributed by atoms with Gasteiger partial charge in [0.05, 0.1) is 16.4 Å². The molecule has 1 N–H and O–H groups in total. The summed E-state index contributed by atoms with van der Waals surface area (Å²) < 4.78 is 28.5. The van der Waals surface area contributed by atoms with Crippen LogP contribution in [0.3, 0.4) is 0 Å². The molecule has 0 saturated heterocycles. The van der Waals surface area contributed by atoms with Crippen molar-refractivity contribution >= 4 is 58.0 Å². The van der Waals surface area contributed by atoms with Crippen LogP contribution in [0.4, 0.5) is 8.78 Å². The van der Waals surface area contributed by atoms with Crippen LogP contribution >= 0.6 is 46.4 Å². The molecule has 0 atom stereocenters. The molecule has 0 spiro atoms. The van der Waals surface area contributed by atoms with Crippen LogP contribution < -0.4 is 0 Å². The Kier molecular flexibility index (Phi) is 6.14. The molecular formula is C22H10Cl4F2N2O2. The Morgan fingerprint density at radius 3 is 1.94 bits per heavy atom. The fourth-order valence-corrected chi connectivity index (χ4v) is 4.03. The average Bonchev–Trinajstić information content (AvgIpc) is 3.22. The van der Waals surface area contributed by atoms with Crippen molar-refractivity contribution in [2.45, 2.75) is 0 Å². The number of nitrogens with one attached hydrogen (secondary N) is 1. The minimum absolute atomic E-state index is 0.00761. The van der Waals surface area contributed by atoms with Gasteiger partial charge in [0.25, 0.3) is 0 Å². The van der Waals surface area contributed by atoms with Crippen LogP contribution in [0.25, 0.3) is 5.69 Å². The third kappa shape index (κ3) is 3.95. The molecule has 0 saturated carbocycles. The largest absolute Gasteiger partial charge is 0.340 e. The van der Waals surface area contributed by atoms with Crippen molar-refractivity contribution in [2.24, 2.45) is 0 Å². The molecule has 2 heterocycles. The fraction of sp³-hybridized carbons (Fsp3) is 0. The Hall–Kier alpha value is -2.64. The lowest BCUT2D eigenvalue weighted by atomic mass is 10.1. The summed E-state index contributed by atoms with van der Waals surface area (Å²) in [5.74, 6) is -2.52. The summed E-state index contributed by atoms with van der Waals surface area (Å²) in [6.45, 7) is 0. The van der Waals surface area contributed by atoms with Crippen LogP contribution in [-0.4, -0.2) is 21.1 Å². The maximum absolute atomic E-state index is 13.7. The van der Waals surface area contributed by atoms with Gasteiger partial charge in [-0.25, -0.2) is 8.78 Å². The predicted molar refractivity (Wildman–Crippen MR) is 120 cm³/mol. The highest BCUT2D eigenvalue weighted by Crippen LogP contribution is 2.39. The van der Waals surface area contributed by atoms with Crippen LogP contribution in [0.2, 0.25) is 20.4 Å². The molecule has 2 aromatic carbocycles. The topological polar surface area (TPSA) is 54.9 Å². The lowest BCUT2D eigenvalue weighted by Gasteiger charge is -2.12. The molecule has 0 bridgehead atoms. The van der Waals surface area contributed by atoms with Gasteiger partial charge < -0.3 is 4.98 Å². The van der Waals surface area contributed by atoms with Gasteiger partial charge in [-0.1, -0.05) is 70.7 Å². The monoisotopic (exact) mass is 512 g/mol. The van der Waals surface area contributed by atoms with E-state index in [4.69, 9.17) is 46.4 Å². The maximum Gasteiger partial charge on any atom is 0.211 e. The molecule has 0 aliphatic carbocycles. The van der Waals surface area contributed by atoms with Crippen LogP contribution in [0.15, 0.2) is 54.6 Å². The summed E-state index contributed by atoms with van der Waals surface area (Å²) in [6.07, 6.45) is 0. The molecule has 4 nitrogen and oxygen atoms in total. The van der Waals surface area contributed by atoms with Crippen molar-refractivity contribution in [3.63, 3.8) is 0 Å². The first-order valence-electron chi connectivity index (χ1n) is 8.93. The Labute approximate surface area is 200 Å². The molecule has 0 unspecified atom stereocenters. The number of carbonyl (C=O) groups is 2. The highest BCUT2D eigenvalue weighted by molar-refractivity contribution is 6.45. The molecule has 4 aromatic rings. The highest BCUT2D eigenvalue weighted by atomic mass is 35.5. The van der Waals surface area contributed by atoms with Crippen molar-refractivity contribution in [3.8, 4) is 5.69 Å². The molecule has 10 heteroatoms. The van der Waals surface area contributed by atoms with E-state index < -0.39 is 23.2 Å². The molecule has 2 aromatic heterocycles. The van der Waals surface area contributed by atoms with Crippen LogP contribution in [0.5, 0.6) is 0 Å². The van der Waals surface area contributed by atoms with Crippen molar-refractivity contribution in [2.75, 3.05) is 0 Å². The number of aromatic amines is 1. The van der Waals surface area contributed by atoms with Gasteiger partial charge in [-0.15, -0.1) is 0 Å². The van der Waals surface area contributed by atoms with Gasteiger partial charge in [0, 0.05) is 11.1 Å². The van der Waals surface area contributed by atoms with E-state index in [9.17, 15) is 18.4 Å². The van der Waals surface area contributed by atoms with E-state index >= 15 is 0 Å². The number of aromatic nitrogens is 2. The first-order valence-corrected chi connectivity index (χ1v) is 10.4. The summed E-state index contributed by atoms with van der Waals surface area (Å²) in [5, 5.41) is -0.360. The normalized spacial score (nSPS) is 11.1. The number of hydrogen-bond acceptors (Lipinski definition) is 2. The summed E-state index contributed by atoms with van der Waals surface area (Å²) in [6, 6.07) is 11.3. The fourth-order valence-electron chi connectivity index (χ4n) is 3.21. The quantitative estimate of drug-likeness (QED) is 0.288. The third-order valence-electron chi connectivity index (χ3n) is 4.63. The van der Waals surface area contributed by atoms with E-state index in [2.05, 4.69) is 4.98 Å². The van der Waals surface area contributed by atoms with Crippen LogP contribution in [0, 0.1) is 11.6 Å². The zero-order valence-electron chi connectivity index (χ0n) is 15.7. The molecule has 0 fully saturated rings. The first kappa shape index (κ1) is 22.6. The Morgan fingerprint density at radius 1 is 0.812 bits per heavy atom. The lowest BCUT2D eigenvalue weighted by molar-refractivity contribution is 0.102. The Morgan fingerprint density at radius 2 is 1.38 bits per heavy atom. The average molecular weight is 514 g/mol. The molecule has 0 amide bonds. The van der Waals surface area contributed by atoms with Gasteiger partial charge in [0.15, 0.2) is 0 Å². The van der Waals surface area contributed by atoms with Gasteiger partial charge in [-0.2, -0.15) is 0 Å². The van der Waals surface area contributed by atoms with E-state index in [0.29, 0.717) is 0 Å². The molecule has 32 heavy (non-hydrogen) atoms. The minimum atomic E-state index is -0.654. The van der Waals surface area contributed by atoms with Gasteiger partial charge in [0.2, 0.25) is 11.6 Å². The van der Waals surface area contributed by atoms with Crippen LogP contribution in [-0.2, 0) is 0 Å². The zero-order chi connectivity index (χ0) is 23.2. The molecule has 0 aliphatic heterocycles. The number of halogens is 6. The summed E-state index contributed by atoms with van der Waals surface area (Å²) >= 11 is 25.0. The SMILES string of the molecule is O=C(c1cccc(F)c1)c1[nH]c(Cl)c(Cl)c1-n1c(C(=O)c2cccc(F)c2)cc(Cl)c1Cl. The Bertz CT molecular complexity index is 1290. The summed E-state index contributed by atoms with van der Waals surface area (Å²) in [4.78, 5) is 28.9. The number of ketones is 2. The Balaban J connectivity index is 1.94. The van der Waals surface area contributed by atoms with E-state index in [0.717, 1.165) is 16.7 Å². The second kappa shape index (κ2) is 8.71. The second-order valence-corrected chi connectivity index (χ2v) is 8.18. The lowest BCUT2D eigenvalue weighted by Crippen LogP contribution is -2.13. The van der Waals surface area contributed by atoms with Gasteiger partial charge in [0.1, 0.15) is 32.7 Å². The third-order valence-corrected chi connectivity index (χ3v) is 6.13. The molecule has 0 radical (unpaired) electrons. The summed E-state index contributed by atoms with van der Waals surface area (Å²) in [5.41, 5.74) is -0.256. The van der Waals surface area contributed by atoms with E-state index in [1.54, 1.807) is 0 Å². The first-order chi connectivity index (χ1) is 15.2. The molecular weight excluding hydrogens is 504 g/mol. The number of rotatable bonds is 5. The number of benzene rings is 2. The van der Waals surface area contributed by atoms with Crippen molar-refractivity contribution < 1.29 is 18.4 Å². The highest BCUT2D eigenvalue weighted by Gasteiger charge is 2.29. The molecule has 4 rings (SSSR count). The number of carbonyl (C=O) groups excluding carboxylic acids is 2. The number of hydrogen-bond donors (Lipinski definition) is 1. The van der Waals surface area contributed by atoms with Gasteiger partial charge >= 0.3 is 0 Å². The number of H-pyrrole nitrogens is 1. The second-order valence-electron chi connectivity index (χ2n) is 6.66. The van der Waals surface area contributed by atoms with E-state index in [-0.39, 0.29) is 48.6 Å². The van der Waals surface area contributed by atoms with Gasteiger partial charge in [-0.3, -0.25) is 14.2 Å². The van der Waals surface area contributed by atoms with E-state index in [1.807, 2.05) is 0 Å². The maximum atomic E-state index is 13.7. The summed E-state index contributed by atoms with van der Waals surface area (Å²) in [7, 11) is 0. The van der Waals surface area contributed by atoms with E-state index in [1.165, 1.54) is 42.5 Å². The van der Waals surface area contributed by atoms with Crippen molar-refractivity contribution in [1.82, 2.24) is 9.55 Å². The van der Waals surface area contributed by atoms with Gasteiger partial charge in [-0.05, 0) is 30.3 Å². The van der Waals surface area contributed by atoms with Crippen molar-refractivity contribution in [1.29, 1.82) is 0 Å². The zero-order valence-corrected chi connectivity index (χ0v) is 18.8. The number of nitrogens with zero attached hydrogens (tertiary/aromatic N) is 1.